The second kappa shape index (κ2) is 8.11. The number of rotatable bonds is 7. The molecule has 0 saturated carbocycles. The second-order valence-corrected chi connectivity index (χ2v) is 7.42. The summed E-state index contributed by atoms with van der Waals surface area (Å²) in [7, 11) is -0.862. The van der Waals surface area contributed by atoms with Crippen molar-refractivity contribution < 1.29 is 13.7 Å². The number of hydrogen-bond donors (Lipinski definition) is 1. The van der Waals surface area contributed by atoms with Crippen LogP contribution < -0.4 is 10.1 Å². The predicted octanol–water partition coefficient (Wildman–Crippen LogP) is 3.29. The average molecular weight is 343 g/mol. The second-order valence-electron chi connectivity index (χ2n) is 5.84. The van der Waals surface area contributed by atoms with Gasteiger partial charge in [0.2, 0.25) is 5.91 Å². The van der Waals surface area contributed by atoms with Crippen LogP contribution in [0.15, 0.2) is 48.5 Å². The molecular weight excluding hydrogens is 322 g/mol. The molecule has 1 aliphatic rings. The first-order chi connectivity index (χ1) is 11.7. The molecule has 0 aliphatic carbocycles. The minimum atomic E-state index is -0.862. The van der Waals surface area contributed by atoms with Crippen LogP contribution in [0.1, 0.15) is 24.0 Å². The summed E-state index contributed by atoms with van der Waals surface area (Å²) in [4.78, 5) is 11.3. The van der Waals surface area contributed by atoms with E-state index in [0.29, 0.717) is 24.5 Å². The molecule has 2 aromatic carbocycles. The van der Waals surface area contributed by atoms with Gasteiger partial charge in [-0.25, -0.2) is 0 Å². The average Bonchev–Trinajstić information content (AvgIpc) is 2.59. The molecule has 0 spiro atoms. The van der Waals surface area contributed by atoms with Crippen LogP contribution in [-0.4, -0.2) is 22.5 Å². The highest BCUT2D eigenvalue weighted by molar-refractivity contribution is 7.84. The van der Waals surface area contributed by atoms with Crippen LogP contribution in [0, 0.1) is 0 Å². The molecule has 1 amide bonds. The monoisotopic (exact) mass is 343 g/mol. The van der Waals surface area contributed by atoms with Gasteiger partial charge in [0, 0.05) is 34.4 Å². The smallest absolute Gasteiger partial charge is 0.224 e. The Morgan fingerprint density at radius 1 is 1.08 bits per heavy atom. The van der Waals surface area contributed by atoms with Crippen LogP contribution in [0.5, 0.6) is 5.75 Å². The number of ether oxygens (including phenoxy) is 1. The zero-order valence-corrected chi connectivity index (χ0v) is 14.3. The number of aryl methyl sites for hydroxylation is 1. The quantitative estimate of drug-likeness (QED) is 0.785. The van der Waals surface area contributed by atoms with Crippen molar-refractivity contribution in [3.05, 3.63) is 59.7 Å². The van der Waals surface area contributed by atoms with Crippen molar-refractivity contribution in [1.82, 2.24) is 0 Å². The molecule has 1 aliphatic heterocycles. The van der Waals surface area contributed by atoms with E-state index >= 15 is 0 Å². The lowest BCUT2D eigenvalue weighted by atomic mass is 10.0. The summed E-state index contributed by atoms with van der Waals surface area (Å²) in [5.41, 5.74) is 3.09. The Morgan fingerprint density at radius 2 is 1.92 bits per heavy atom. The van der Waals surface area contributed by atoms with Gasteiger partial charge in [0.15, 0.2) is 0 Å². The molecule has 5 heteroatoms. The van der Waals surface area contributed by atoms with Gasteiger partial charge in [-0.2, -0.15) is 0 Å². The standard InChI is InChI=1S/C19H21NO3S/c21-19-10-7-16-13-17(8-9-18(16)20-19)23-11-4-12-24(22)14-15-5-2-1-3-6-15/h1-3,5-6,8-9,13H,4,7,10-12,14H2,(H,20,21). The van der Waals surface area contributed by atoms with E-state index in [1.807, 2.05) is 48.5 Å². The summed E-state index contributed by atoms with van der Waals surface area (Å²) in [6.45, 7) is 0.547. The van der Waals surface area contributed by atoms with Crippen molar-refractivity contribution in [2.24, 2.45) is 0 Å². The van der Waals surface area contributed by atoms with Crippen molar-refractivity contribution in [3.8, 4) is 5.75 Å². The Labute approximate surface area is 144 Å². The fraction of sp³-hybridized carbons (Fsp3) is 0.316. The van der Waals surface area contributed by atoms with E-state index in [9.17, 15) is 9.00 Å². The summed E-state index contributed by atoms with van der Waals surface area (Å²) in [6.07, 6.45) is 2.03. The van der Waals surface area contributed by atoms with Gasteiger partial charge in [0.05, 0.1) is 6.61 Å². The van der Waals surface area contributed by atoms with Crippen LogP contribution in [0.3, 0.4) is 0 Å². The normalized spacial score (nSPS) is 14.6. The fourth-order valence-electron chi connectivity index (χ4n) is 2.69. The maximum absolute atomic E-state index is 12.1. The minimum absolute atomic E-state index is 0.0667. The number of nitrogens with one attached hydrogen (secondary N) is 1. The molecule has 3 rings (SSSR count). The SMILES string of the molecule is O=C1CCc2cc(OCCCS(=O)Cc3ccccc3)ccc2N1. The number of hydrogen-bond acceptors (Lipinski definition) is 3. The summed E-state index contributed by atoms with van der Waals surface area (Å²) >= 11 is 0. The summed E-state index contributed by atoms with van der Waals surface area (Å²) in [6, 6.07) is 15.6. The van der Waals surface area contributed by atoms with Gasteiger partial charge in [-0.05, 0) is 42.2 Å². The van der Waals surface area contributed by atoms with Gasteiger partial charge in [-0.15, -0.1) is 0 Å². The number of anilines is 1. The fourth-order valence-corrected chi connectivity index (χ4v) is 3.84. The van der Waals surface area contributed by atoms with E-state index in [1.165, 1.54) is 0 Å². The van der Waals surface area contributed by atoms with Crippen molar-refractivity contribution >= 4 is 22.4 Å². The first-order valence-corrected chi connectivity index (χ1v) is 9.64. The van der Waals surface area contributed by atoms with Crippen LogP contribution in [0.2, 0.25) is 0 Å². The van der Waals surface area contributed by atoms with Crippen LogP contribution in [0.4, 0.5) is 5.69 Å². The number of benzene rings is 2. The molecule has 0 bridgehead atoms. The van der Waals surface area contributed by atoms with E-state index in [-0.39, 0.29) is 5.91 Å². The molecule has 0 aromatic heterocycles. The highest BCUT2D eigenvalue weighted by Crippen LogP contribution is 2.26. The number of fused-ring (bicyclic) bond motifs is 1. The molecule has 4 nitrogen and oxygen atoms in total. The summed E-state index contributed by atoms with van der Waals surface area (Å²) in [5.74, 6) is 2.10. The first kappa shape index (κ1) is 16.7. The zero-order chi connectivity index (χ0) is 16.8. The Kier molecular flexibility index (Phi) is 5.64. The Balaban J connectivity index is 1.42. The number of carbonyl (C=O) groups excluding carboxylic acids is 1. The molecule has 0 saturated heterocycles. The molecule has 1 heterocycles. The van der Waals surface area contributed by atoms with Gasteiger partial charge in [0.1, 0.15) is 5.75 Å². The molecular formula is C19H21NO3S. The Bertz CT molecular complexity index is 731. The van der Waals surface area contributed by atoms with Crippen LogP contribution >= 0.6 is 0 Å². The maximum Gasteiger partial charge on any atom is 0.224 e. The van der Waals surface area contributed by atoms with Gasteiger partial charge in [-0.3, -0.25) is 9.00 Å². The van der Waals surface area contributed by atoms with E-state index in [4.69, 9.17) is 4.74 Å². The van der Waals surface area contributed by atoms with E-state index < -0.39 is 10.8 Å². The zero-order valence-electron chi connectivity index (χ0n) is 13.5. The van der Waals surface area contributed by atoms with E-state index in [2.05, 4.69) is 5.32 Å². The molecule has 1 unspecified atom stereocenters. The van der Waals surface area contributed by atoms with Gasteiger partial charge < -0.3 is 10.1 Å². The molecule has 0 radical (unpaired) electrons. The highest BCUT2D eigenvalue weighted by Gasteiger charge is 2.14. The Hall–Kier alpha value is -2.14. The van der Waals surface area contributed by atoms with Gasteiger partial charge in [0.25, 0.3) is 0 Å². The predicted molar refractivity (Wildman–Crippen MR) is 96.7 cm³/mol. The lowest BCUT2D eigenvalue weighted by Crippen LogP contribution is -2.18. The van der Waals surface area contributed by atoms with E-state index in [0.717, 1.165) is 35.4 Å². The van der Waals surface area contributed by atoms with Gasteiger partial charge >= 0.3 is 0 Å². The highest BCUT2D eigenvalue weighted by atomic mass is 32.2. The third kappa shape index (κ3) is 4.68. The summed E-state index contributed by atoms with van der Waals surface area (Å²) in [5, 5.41) is 2.86. The summed E-state index contributed by atoms with van der Waals surface area (Å²) < 4.78 is 17.8. The maximum atomic E-state index is 12.1. The van der Waals surface area contributed by atoms with Crippen LogP contribution in [0.25, 0.3) is 0 Å². The topological polar surface area (TPSA) is 55.4 Å². The lowest BCUT2D eigenvalue weighted by Gasteiger charge is -2.17. The largest absolute Gasteiger partial charge is 0.494 e. The van der Waals surface area contributed by atoms with Crippen molar-refractivity contribution in [1.29, 1.82) is 0 Å². The molecule has 1 N–H and O–H groups in total. The third-order valence-corrected chi connectivity index (χ3v) is 5.33. The molecule has 2 aromatic rings. The Morgan fingerprint density at radius 3 is 2.75 bits per heavy atom. The van der Waals surface area contributed by atoms with Crippen molar-refractivity contribution in [2.45, 2.75) is 25.0 Å². The van der Waals surface area contributed by atoms with Crippen molar-refractivity contribution in [3.63, 3.8) is 0 Å². The van der Waals surface area contributed by atoms with Crippen molar-refractivity contribution in [2.75, 3.05) is 17.7 Å². The first-order valence-electron chi connectivity index (χ1n) is 8.15. The van der Waals surface area contributed by atoms with Crippen LogP contribution in [-0.2, 0) is 27.8 Å². The van der Waals surface area contributed by atoms with E-state index in [1.54, 1.807) is 0 Å². The number of amides is 1. The third-order valence-electron chi connectivity index (χ3n) is 3.93. The molecule has 0 fully saturated rings. The minimum Gasteiger partial charge on any atom is -0.494 e. The molecule has 126 valence electrons. The van der Waals surface area contributed by atoms with Gasteiger partial charge in [-0.1, -0.05) is 30.3 Å². The lowest BCUT2D eigenvalue weighted by molar-refractivity contribution is -0.116. The molecule has 1 atom stereocenters. The number of carbonyl (C=O) groups is 1. The molecule has 24 heavy (non-hydrogen) atoms.